The fraction of sp³-hybridized carbons (Fsp3) is 0.0909. The summed E-state index contributed by atoms with van der Waals surface area (Å²) >= 11 is 7.15. The molecular weight excluding hydrogens is 260 g/mol. The number of thioether (sulfide) groups is 1. The van der Waals surface area contributed by atoms with Gasteiger partial charge in [-0.1, -0.05) is 35.5 Å². The maximum absolute atomic E-state index is 11.1. The lowest BCUT2D eigenvalue weighted by Crippen LogP contribution is -2.06. The standard InChI is InChI=1S/C11H9ClN2O2S/c12-8-3-1-7(2-4-8)6-17-11-13-5-9(15)10(16)14-11/h1-5,15H,6H2,(H,13,14,16). The summed E-state index contributed by atoms with van der Waals surface area (Å²) in [4.78, 5) is 17.5. The first-order chi connectivity index (χ1) is 8.15. The lowest BCUT2D eigenvalue weighted by molar-refractivity contribution is 0.460. The number of nitrogens with zero attached hydrogens (tertiary/aromatic N) is 1. The molecule has 0 bridgehead atoms. The molecule has 6 heteroatoms. The molecule has 0 radical (unpaired) electrons. The van der Waals surface area contributed by atoms with Crippen LogP contribution in [0.3, 0.4) is 0 Å². The molecule has 0 atom stereocenters. The summed E-state index contributed by atoms with van der Waals surface area (Å²) in [6.07, 6.45) is 1.14. The summed E-state index contributed by atoms with van der Waals surface area (Å²) in [7, 11) is 0. The Balaban J connectivity index is 2.04. The lowest BCUT2D eigenvalue weighted by Gasteiger charge is -2.01. The Hall–Kier alpha value is -1.46. The molecular formula is C11H9ClN2O2S. The number of hydrogen-bond acceptors (Lipinski definition) is 4. The highest BCUT2D eigenvalue weighted by molar-refractivity contribution is 7.98. The van der Waals surface area contributed by atoms with Crippen LogP contribution >= 0.6 is 23.4 Å². The number of nitrogens with one attached hydrogen (secondary N) is 1. The minimum absolute atomic E-state index is 0.374. The fourth-order valence-electron chi connectivity index (χ4n) is 1.18. The van der Waals surface area contributed by atoms with Gasteiger partial charge in [-0.25, -0.2) is 4.98 Å². The molecule has 1 heterocycles. The first-order valence-corrected chi connectivity index (χ1v) is 6.17. The van der Waals surface area contributed by atoms with Gasteiger partial charge in [0, 0.05) is 10.8 Å². The second kappa shape index (κ2) is 5.25. The zero-order chi connectivity index (χ0) is 12.3. The molecule has 0 saturated carbocycles. The first kappa shape index (κ1) is 12.0. The topological polar surface area (TPSA) is 66.0 Å². The van der Waals surface area contributed by atoms with Crippen LogP contribution in [-0.2, 0) is 5.75 Å². The Morgan fingerprint density at radius 3 is 2.71 bits per heavy atom. The molecule has 2 N–H and O–H groups in total. The van der Waals surface area contributed by atoms with E-state index < -0.39 is 5.56 Å². The van der Waals surface area contributed by atoms with Crippen LogP contribution in [-0.4, -0.2) is 15.1 Å². The highest BCUT2D eigenvalue weighted by Gasteiger charge is 2.01. The van der Waals surface area contributed by atoms with Gasteiger partial charge >= 0.3 is 0 Å². The average molecular weight is 269 g/mol. The predicted octanol–water partition coefficient (Wildman–Crippen LogP) is 2.42. The second-order valence-corrected chi connectivity index (χ2v) is 4.72. The molecule has 0 amide bonds. The Bertz CT molecular complexity index is 568. The van der Waals surface area contributed by atoms with Crippen molar-refractivity contribution in [3.05, 3.63) is 51.4 Å². The number of aromatic nitrogens is 2. The molecule has 4 nitrogen and oxygen atoms in total. The average Bonchev–Trinajstić information content (AvgIpc) is 2.33. The van der Waals surface area contributed by atoms with Crippen molar-refractivity contribution in [3.8, 4) is 5.75 Å². The summed E-state index contributed by atoms with van der Waals surface area (Å²) in [5.41, 5.74) is 0.550. The minimum Gasteiger partial charge on any atom is -0.502 e. The van der Waals surface area contributed by atoms with Crippen LogP contribution in [0.1, 0.15) is 5.56 Å². The van der Waals surface area contributed by atoms with Crippen molar-refractivity contribution in [2.45, 2.75) is 10.9 Å². The van der Waals surface area contributed by atoms with Gasteiger partial charge in [-0.05, 0) is 17.7 Å². The number of halogens is 1. The fourth-order valence-corrected chi connectivity index (χ4v) is 2.09. The monoisotopic (exact) mass is 268 g/mol. The molecule has 1 aromatic carbocycles. The Kier molecular flexibility index (Phi) is 3.71. The van der Waals surface area contributed by atoms with E-state index >= 15 is 0 Å². The zero-order valence-electron chi connectivity index (χ0n) is 8.68. The van der Waals surface area contributed by atoms with E-state index in [9.17, 15) is 4.79 Å². The van der Waals surface area contributed by atoms with E-state index in [1.54, 1.807) is 0 Å². The van der Waals surface area contributed by atoms with Crippen LogP contribution in [0.2, 0.25) is 5.02 Å². The summed E-state index contributed by atoms with van der Waals surface area (Å²) in [6, 6.07) is 7.44. The molecule has 2 aromatic rings. The normalized spacial score (nSPS) is 10.4. The Labute approximate surface area is 107 Å². The van der Waals surface area contributed by atoms with Crippen LogP contribution in [0, 0.1) is 0 Å². The smallest absolute Gasteiger partial charge is 0.293 e. The second-order valence-electron chi connectivity index (χ2n) is 3.32. The van der Waals surface area contributed by atoms with Crippen molar-refractivity contribution in [1.29, 1.82) is 0 Å². The van der Waals surface area contributed by atoms with E-state index in [4.69, 9.17) is 16.7 Å². The van der Waals surface area contributed by atoms with E-state index in [0.29, 0.717) is 15.9 Å². The van der Waals surface area contributed by atoms with E-state index in [2.05, 4.69) is 9.97 Å². The molecule has 0 aliphatic heterocycles. The number of aromatic hydroxyl groups is 1. The van der Waals surface area contributed by atoms with Crippen LogP contribution in [0.5, 0.6) is 5.75 Å². The third-order valence-corrected chi connectivity index (χ3v) is 3.26. The predicted molar refractivity (Wildman–Crippen MR) is 67.5 cm³/mol. The van der Waals surface area contributed by atoms with Crippen molar-refractivity contribution in [1.82, 2.24) is 9.97 Å². The molecule has 17 heavy (non-hydrogen) atoms. The maximum atomic E-state index is 11.1. The SMILES string of the molecule is O=c1[nH]c(SCc2ccc(Cl)cc2)ncc1O. The maximum Gasteiger partial charge on any atom is 0.293 e. The van der Waals surface area contributed by atoms with Crippen LogP contribution in [0.15, 0.2) is 40.4 Å². The van der Waals surface area contributed by atoms with Crippen LogP contribution in [0.25, 0.3) is 0 Å². The molecule has 1 aromatic heterocycles. The number of rotatable bonds is 3. The molecule has 0 fully saturated rings. The molecule has 88 valence electrons. The quantitative estimate of drug-likeness (QED) is 0.663. The van der Waals surface area contributed by atoms with Gasteiger partial charge in [-0.15, -0.1) is 0 Å². The van der Waals surface area contributed by atoms with E-state index in [0.717, 1.165) is 11.8 Å². The third kappa shape index (κ3) is 3.25. The molecule has 0 aliphatic carbocycles. The lowest BCUT2D eigenvalue weighted by atomic mass is 10.2. The van der Waals surface area contributed by atoms with Crippen molar-refractivity contribution in [2.24, 2.45) is 0 Å². The highest BCUT2D eigenvalue weighted by atomic mass is 35.5. The van der Waals surface area contributed by atoms with Gasteiger partial charge in [-0.2, -0.15) is 0 Å². The van der Waals surface area contributed by atoms with Crippen molar-refractivity contribution in [3.63, 3.8) is 0 Å². The molecule has 2 rings (SSSR count). The van der Waals surface area contributed by atoms with Gasteiger partial charge in [0.15, 0.2) is 10.9 Å². The minimum atomic E-state index is -0.529. The van der Waals surface area contributed by atoms with E-state index in [-0.39, 0.29) is 5.75 Å². The molecule has 0 aliphatic rings. The molecule has 0 unspecified atom stereocenters. The number of benzene rings is 1. The van der Waals surface area contributed by atoms with E-state index in [1.165, 1.54) is 11.8 Å². The van der Waals surface area contributed by atoms with Crippen molar-refractivity contribution >= 4 is 23.4 Å². The largest absolute Gasteiger partial charge is 0.502 e. The number of H-pyrrole nitrogens is 1. The van der Waals surface area contributed by atoms with Crippen LogP contribution < -0.4 is 5.56 Å². The number of aromatic amines is 1. The Morgan fingerprint density at radius 1 is 1.35 bits per heavy atom. The summed E-state index contributed by atoms with van der Waals surface area (Å²) in [5, 5.41) is 10.2. The summed E-state index contributed by atoms with van der Waals surface area (Å²) in [6.45, 7) is 0. The van der Waals surface area contributed by atoms with Gasteiger partial charge in [0.2, 0.25) is 0 Å². The highest BCUT2D eigenvalue weighted by Crippen LogP contribution is 2.19. The van der Waals surface area contributed by atoms with Gasteiger partial charge in [-0.3, -0.25) is 9.78 Å². The van der Waals surface area contributed by atoms with Crippen molar-refractivity contribution in [2.75, 3.05) is 0 Å². The first-order valence-electron chi connectivity index (χ1n) is 4.80. The van der Waals surface area contributed by atoms with Crippen LogP contribution in [0.4, 0.5) is 0 Å². The zero-order valence-corrected chi connectivity index (χ0v) is 10.3. The molecule has 0 saturated heterocycles. The summed E-state index contributed by atoms with van der Waals surface area (Å²) in [5.74, 6) is 0.297. The summed E-state index contributed by atoms with van der Waals surface area (Å²) < 4.78 is 0. The Morgan fingerprint density at radius 2 is 2.06 bits per heavy atom. The van der Waals surface area contributed by atoms with E-state index in [1.807, 2.05) is 24.3 Å². The van der Waals surface area contributed by atoms with Gasteiger partial charge < -0.3 is 5.11 Å². The molecule has 0 spiro atoms. The number of hydrogen-bond donors (Lipinski definition) is 2. The van der Waals surface area contributed by atoms with Gasteiger partial charge in [0.05, 0.1) is 6.20 Å². The van der Waals surface area contributed by atoms with Gasteiger partial charge in [0.25, 0.3) is 5.56 Å². The van der Waals surface area contributed by atoms with Gasteiger partial charge in [0.1, 0.15) is 0 Å². The van der Waals surface area contributed by atoms with Crippen molar-refractivity contribution < 1.29 is 5.11 Å². The third-order valence-electron chi connectivity index (χ3n) is 2.05.